The Bertz CT molecular complexity index is 1070. The average molecular weight is 425 g/mol. The minimum atomic E-state index is -0.612. The predicted molar refractivity (Wildman–Crippen MR) is 111 cm³/mol. The van der Waals surface area contributed by atoms with Gasteiger partial charge in [-0.25, -0.2) is 14.4 Å². The van der Waals surface area contributed by atoms with Gasteiger partial charge >= 0.3 is 0 Å². The minimum Gasteiger partial charge on any atom is -0.335 e. The lowest BCUT2D eigenvalue weighted by molar-refractivity contribution is 0.0532. The first-order valence-electron chi connectivity index (χ1n) is 9.44. The predicted octanol–water partition coefficient (Wildman–Crippen LogP) is 3.53. The highest BCUT2D eigenvalue weighted by Gasteiger charge is 2.27. The number of amides is 2. The largest absolute Gasteiger partial charge is 0.335 e. The van der Waals surface area contributed by atoms with Crippen LogP contribution in [0.3, 0.4) is 0 Å². The maximum atomic E-state index is 14.0. The molecule has 2 aromatic carbocycles. The van der Waals surface area contributed by atoms with Crippen LogP contribution < -0.4 is 0 Å². The van der Waals surface area contributed by atoms with E-state index in [2.05, 4.69) is 9.97 Å². The molecule has 1 aliphatic rings. The van der Waals surface area contributed by atoms with Gasteiger partial charge in [0.2, 0.25) is 0 Å². The van der Waals surface area contributed by atoms with Gasteiger partial charge in [-0.2, -0.15) is 0 Å². The molecule has 4 rings (SSSR count). The number of carbonyl (C=O) groups is 2. The summed E-state index contributed by atoms with van der Waals surface area (Å²) in [4.78, 5) is 37.1. The molecule has 1 aliphatic heterocycles. The number of rotatable bonds is 3. The van der Waals surface area contributed by atoms with Gasteiger partial charge in [0.25, 0.3) is 11.8 Å². The summed E-state index contributed by atoms with van der Waals surface area (Å²) >= 11 is 5.88. The van der Waals surface area contributed by atoms with Crippen LogP contribution in [0.1, 0.15) is 20.7 Å². The van der Waals surface area contributed by atoms with Gasteiger partial charge in [-0.1, -0.05) is 41.9 Å². The van der Waals surface area contributed by atoms with Crippen molar-refractivity contribution >= 4 is 23.4 Å². The lowest BCUT2D eigenvalue weighted by Crippen LogP contribution is -2.50. The van der Waals surface area contributed by atoms with Crippen LogP contribution in [0.4, 0.5) is 4.39 Å². The Morgan fingerprint density at radius 3 is 2.10 bits per heavy atom. The molecular formula is C22H18ClFN4O2. The number of hydrogen-bond donors (Lipinski definition) is 0. The Labute approximate surface area is 177 Å². The fourth-order valence-corrected chi connectivity index (χ4v) is 3.47. The zero-order chi connectivity index (χ0) is 21.1. The van der Waals surface area contributed by atoms with E-state index in [1.165, 1.54) is 35.5 Å². The molecule has 0 bridgehead atoms. The topological polar surface area (TPSA) is 66.4 Å². The number of halogens is 2. The summed E-state index contributed by atoms with van der Waals surface area (Å²) in [5.41, 5.74) is 1.19. The monoisotopic (exact) mass is 424 g/mol. The molecule has 30 heavy (non-hydrogen) atoms. The van der Waals surface area contributed by atoms with Crippen molar-refractivity contribution in [3.63, 3.8) is 0 Å². The summed E-state index contributed by atoms with van der Waals surface area (Å²) < 4.78 is 14.0. The van der Waals surface area contributed by atoms with E-state index in [9.17, 15) is 14.0 Å². The first kappa shape index (κ1) is 20.0. The van der Waals surface area contributed by atoms with Gasteiger partial charge in [-0.15, -0.1) is 0 Å². The molecule has 3 aromatic rings. The highest BCUT2D eigenvalue weighted by Crippen LogP contribution is 2.19. The molecule has 0 radical (unpaired) electrons. The third-order valence-corrected chi connectivity index (χ3v) is 5.18. The highest BCUT2D eigenvalue weighted by molar-refractivity contribution is 6.31. The first-order valence-corrected chi connectivity index (χ1v) is 9.82. The lowest BCUT2D eigenvalue weighted by atomic mass is 10.1. The summed E-state index contributed by atoms with van der Waals surface area (Å²) in [6, 6.07) is 13.4. The molecule has 1 fully saturated rings. The standard InChI is InChI=1S/C22H18ClFN4O2/c23-17-6-7-19(24)18(12-17)22(30)28-10-8-27(9-11-28)21(29)16-13-25-20(26-14-16)15-4-2-1-3-5-15/h1-7,12-14H,8-11H2. The number of carbonyl (C=O) groups excluding carboxylic acids is 2. The van der Waals surface area contributed by atoms with Gasteiger partial charge < -0.3 is 9.80 Å². The normalized spacial score (nSPS) is 13.9. The summed E-state index contributed by atoms with van der Waals surface area (Å²) in [7, 11) is 0. The molecule has 6 nitrogen and oxygen atoms in total. The van der Waals surface area contributed by atoms with Crippen LogP contribution in [0.2, 0.25) is 5.02 Å². The molecular weight excluding hydrogens is 407 g/mol. The molecule has 1 aromatic heterocycles. The summed E-state index contributed by atoms with van der Waals surface area (Å²) in [6.07, 6.45) is 3.02. The number of piperazine rings is 1. The molecule has 1 saturated heterocycles. The maximum absolute atomic E-state index is 14.0. The molecule has 8 heteroatoms. The van der Waals surface area contributed by atoms with Crippen LogP contribution in [0.5, 0.6) is 0 Å². The summed E-state index contributed by atoms with van der Waals surface area (Å²) in [5.74, 6) is -0.696. The second-order valence-corrected chi connectivity index (χ2v) is 7.31. The lowest BCUT2D eigenvalue weighted by Gasteiger charge is -2.34. The minimum absolute atomic E-state index is 0.0628. The Hall–Kier alpha value is -3.32. The van der Waals surface area contributed by atoms with E-state index in [-0.39, 0.29) is 11.5 Å². The smallest absolute Gasteiger partial charge is 0.257 e. The van der Waals surface area contributed by atoms with Gasteiger partial charge in [0.05, 0.1) is 11.1 Å². The molecule has 2 heterocycles. The van der Waals surface area contributed by atoms with Crippen molar-refractivity contribution in [3.8, 4) is 11.4 Å². The molecule has 0 atom stereocenters. The highest BCUT2D eigenvalue weighted by atomic mass is 35.5. The first-order chi connectivity index (χ1) is 14.5. The van der Waals surface area contributed by atoms with E-state index in [1.807, 2.05) is 30.3 Å². The van der Waals surface area contributed by atoms with E-state index in [0.29, 0.717) is 42.6 Å². The quantitative estimate of drug-likeness (QED) is 0.645. The second-order valence-electron chi connectivity index (χ2n) is 6.87. The third-order valence-electron chi connectivity index (χ3n) is 4.94. The summed E-state index contributed by atoms with van der Waals surface area (Å²) in [5, 5.41) is 0.299. The number of nitrogens with zero attached hydrogens (tertiary/aromatic N) is 4. The Morgan fingerprint density at radius 1 is 0.867 bits per heavy atom. The zero-order valence-electron chi connectivity index (χ0n) is 16.0. The van der Waals surface area contributed by atoms with E-state index in [1.54, 1.807) is 4.90 Å². The van der Waals surface area contributed by atoms with Crippen molar-refractivity contribution in [2.24, 2.45) is 0 Å². The molecule has 0 aliphatic carbocycles. The van der Waals surface area contributed by atoms with Gasteiger partial charge in [0.15, 0.2) is 5.82 Å². The van der Waals surface area contributed by atoms with E-state index < -0.39 is 11.7 Å². The third kappa shape index (κ3) is 4.16. The molecule has 152 valence electrons. The van der Waals surface area contributed by atoms with Crippen LogP contribution in [-0.2, 0) is 0 Å². The Kier molecular flexibility index (Phi) is 5.72. The van der Waals surface area contributed by atoms with Crippen LogP contribution >= 0.6 is 11.6 Å². The second kappa shape index (κ2) is 8.59. The molecule has 0 unspecified atom stereocenters. The van der Waals surface area contributed by atoms with Crippen LogP contribution in [-0.4, -0.2) is 57.8 Å². The van der Waals surface area contributed by atoms with Crippen molar-refractivity contribution in [3.05, 3.63) is 82.9 Å². The average Bonchev–Trinajstić information content (AvgIpc) is 2.80. The number of hydrogen-bond acceptors (Lipinski definition) is 4. The fourth-order valence-electron chi connectivity index (χ4n) is 3.30. The van der Waals surface area contributed by atoms with Crippen molar-refractivity contribution in [1.29, 1.82) is 0 Å². The van der Waals surface area contributed by atoms with Crippen LogP contribution in [0.25, 0.3) is 11.4 Å². The van der Waals surface area contributed by atoms with Gasteiger partial charge in [-0.05, 0) is 18.2 Å². The van der Waals surface area contributed by atoms with E-state index in [0.717, 1.165) is 5.56 Å². The zero-order valence-corrected chi connectivity index (χ0v) is 16.7. The maximum Gasteiger partial charge on any atom is 0.257 e. The van der Waals surface area contributed by atoms with E-state index >= 15 is 0 Å². The van der Waals surface area contributed by atoms with Crippen molar-refractivity contribution < 1.29 is 14.0 Å². The van der Waals surface area contributed by atoms with Gasteiger partial charge in [0, 0.05) is 49.2 Å². The van der Waals surface area contributed by atoms with Gasteiger partial charge in [-0.3, -0.25) is 9.59 Å². The Morgan fingerprint density at radius 2 is 1.47 bits per heavy atom. The fraction of sp³-hybridized carbons (Fsp3) is 0.182. The SMILES string of the molecule is O=C(c1cnc(-c2ccccc2)nc1)N1CCN(C(=O)c2cc(Cl)ccc2F)CC1. The number of aromatic nitrogens is 2. The van der Waals surface area contributed by atoms with Crippen LogP contribution in [0.15, 0.2) is 60.9 Å². The van der Waals surface area contributed by atoms with Gasteiger partial charge in [0.1, 0.15) is 5.82 Å². The molecule has 2 amide bonds. The summed E-state index contributed by atoms with van der Waals surface area (Å²) in [6.45, 7) is 1.29. The number of benzene rings is 2. The molecule has 0 spiro atoms. The molecule has 0 N–H and O–H groups in total. The molecule has 0 saturated carbocycles. The Balaban J connectivity index is 1.39. The van der Waals surface area contributed by atoms with Crippen molar-refractivity contribution in [1.82, 2.24) is 19.8 Å². The van der Waals surface area contributed by atoms with Crippen LogP contribution in [0, 0.1) is 5.82 Å². The van der Waals surface area contributed by atoms with Crippen molar-refractivity contribution in [2.45, 2.75) is 0 Å². The van der Waals surface area contributed by atoms with E-state index in [4.69, 9.17) is 11.6 Å². The van der Waals surface area contributed by atoms with Crippen molar-refractivity contribution in [2.75, 3.05) is 26.2 Å².